The second-order valence-corrected chi connectivity index (χ2v) is 7.59. The lowest BCUT2D eigenvalue weighted by molar-refractivity contribution is -0.137. The van der Waals surface area contributed by atoms with Gasteiger partial charge < -0.3 is 23.9 Å². The van der Waals surface area contributed by atoms with E-state index < -0.39 is 0 Å². The van der Waals surface area contributed by atoms with Gasteiger partial charge in [-0.2, -0.15) is 0 Å². The van der Waals surface area contributed by atoms with E-state index in [9.17, 15) is 9.59 Å². The third-order valence-electron chi connectivity index (χ3n) is 5.84. The average molecular weight is 397 g/mol. The third kappa shape index (κ3) is 4.09. The summed E-state index contributed by atoms with van der Waals surface area (Å²) in [7, 11) is 1.68. The monoisotopic (exact) mass is 397 g/mol. The van der Waals surface area contributed by atoms with Crippen LogP contribution in [-0.4, -0.2) is 68.0 Å². The first-order chi connectivity index (χ1) is 14.2. The van der Waals surface area contributed by atoms with E-state index in [1.807, 2.05) is 23.1 Å². The van der Waals surface area contributed by atoms with E-state index in [1.54, 1.807) is 18.1 Å². The molecule has 2 aliphatic rings. The van der Waals surface area contributed by atoms with Gasteiger partial charge in [0.05, 0.1) is 30.5 Å². The molecule has 0 bridgehead atoms. The first-order valence-corrected chi connectivity index (χ1v) is 10.2. The van der Waals surface area contributed by atoms with Crippen LogP contribution in [0.1, 0.15) is 23.2 Å². The Bertz CT molecular complexity index is 844. The van der Waals surface area contributed by atoms with Crippen molar-refractivity contribution < 1.29 is 18.7 Å². The highest BCUT2D eigenvalue weighted by Crippen LogP contribution is 2.29. The van der Waals surface area contributed by atoms with E-state index in [1.165, 1.54) is 12.5 Å². The Morgan fingerprint density at radius 2 is 1.83 bits per heavy atom. The fourth-order valence-electron chi connectivity index (χ4n) is 4.25. The van der Waals surface area contributed by atoms with Crippen LogP contribution in [0.2, 0.25) is 0 Å². The topological polar surface area (TPSA) is 66.2 Å². The molecule has 2 aliphatic heterocycles. The van der Waals surface area contributed by atoms with Crippen molar-refractivity contribution in [1.29, 1.82) is 0 Å². The van der Waals surface area contributed by atoms with Gasteiger partial charge in [0.15, 0.2) is 0 Å². The van der Waals surface area contributed by atoms with E-state index in [0.29, 0.717) is 31.7 Å². The van der Waals surface area contributed by atoms with Gasteiger partial charge in [0.1, 0.15) is 12.0 Å². The van der Waals surface area contributed by atoms with Crippen LogP contribution in [0.4, 0.5) is 5.69 Å². The van der Waals surface area contributed by atoms with E-state index in [0.717, 1.165) is 37.4 Å². The van der Waals surface area contributed by atoms with E-state index in [2.05, 4.69) is 11.0 Å². The molecule has 2 saturated heterocycles. The number of methoxy groups -OCH3 is 1. The van der Waals surface area contributed by atoms with Gasteiger partial charge in [-0.25, -0.2) is 0 Å². The molecule has 1 aromatic carbocycles. The van der Waals surface area contributed by atoms with E-state index in [-0.39, 0.29) is 17.7 Å². The molecule has 29 heavy (non-hydrogen) atoms. The number of carbonyl (C=O) groups is 2. The predicted molar refractivity (Wildman–Crippen MR) is 109 cm³/mol. The number of hydrogen-bond donors (Lipinski definition) is 0. The van der Waals surface area contributed by atoms with Crippen LogP contribution in [0, 0.1) is 5.92 Å². The number of hydrogen-bond acceptors (Lipinski definition) is 5. The van der Waals surface area contributed by atoms with Crippen molar-refractivity contribution in [3.8, 4) is 5.75 Å². The number of amides is 2. The summed E-state index contributed by atoms with van der Waals surface area (Å²) in [5.41, 5.74) is 1.61. The molecule has 4 rings (SSSR count). The standard InChI is InChI=1S/C22H27N3O4/c1-28-20-7-3-2-6-19(20)23-10-12-24(13-11-23)21(26)17-5-4-9-25(15-17)22(27)18-8-14-29-16-18/h2-3,6-8,14,16-17H,4-5,9-13,15H2,1H3. The van der Waals surface area contributed by atoms with Crippen LogP contribution in [0.3, 0.4) is 0 Å². The summed E-state index contributed by atoms with van der Waals surface area (Å²) in [6, 6.07) is 9.65. The van der Waals surface area contributed by atoms with Crippen LogP contribution in [0.5, 0.6) is 5.75 Å². The minimum Gasteiger partial charge on any atom is -0.495 e. The number of piperazine rings is 1. The Kier molecular flexibility index (Phi) is 5.74. The number of furan rings is 1. The highest BCUT2D eigenvalue weighted by atomic mass is 16.5. The Morgan fingerprint density at radius 1 is 1.03 bits per heavy atom. The molecule has 2 aromatic rings. The van der Waals surface area contributed by atoms with Gasteiger partial charge in [-0.05, 0) is 31.0 Å². The second kappa shape index (κ2) is 8.59. The lowest BCUT2D eigenvalue weighted by atomic mass is 9.95. The molecule has 0 radical (unpaired) electrons. The fraction of sp³-hybridized carbons (Fsp3) is 0.455. The zero-order valence-corrected chi connectivity index (χ0v) is 16.8. The quantitative estimate of drug-likeness (QED) is 0.793. The van der Waals surface area contributed by atoms with Gasteiger partial charge in [-0.3, -0.25) is 9.59 Å². The Labute approximate surface area is 170 Å². The molecule has 7 nitrogen and oxygen atoms in total. The number of ether oxygens (including phenoxy) is 1. The van der Waals surface area contributed by atoms with Crippen LogP contribution < -0.4 is 9.64 Å². The number of carbonyl (C=O) groups excluding carboxylic acids is 2. The SMILES string of the molecule is COc1ccccc1N1CCN(C(=O)C2CCCN(C(=O)c3ccoc3)C2)CC1. The first-order valence-electron chi connectivity index (χ1n) is 10.2. The van der Waals surface area contributed by atoms with Gasteiger partial charge >= 0.3 is 0 Å². The number of rotatable bonds is 4. The number of para-hydroxylation sites is 2. The Hall–Kier alpha value is -2.96. The van der Waals surface area contributed by atoms with Crippen LogP contribution in [0.25, 0.3) is 0 Å². The van der Waals surface area contributed by atoms with Crippen molar-refractivity contribution in [1.82, 2.24) is 9.80 Å². The highest BCUT2D eigenvalue weighted by Gasteiger charge is 2.33. The second-order valence-electron chi connectivity index (χ2n) is 7.59. The maximum absolute atomic E-state index is 13.1. The Morgan fingerprint density at radius 3 is 2.55 bits per heavy atom. The summed E-state index contributed by atoms with van der Waals surface area (Å²) in [5, 5.41) is 0. The number of anilines is 1. The highest BCUT2D eigenvalue weighted by molar-refractivity contribution is 5.94. The zero-order valence-electron chi connectivity index (χ0n) is 16.8. The minimum atomic E-state index is -0.127. The summed E-state index contributed by atoms with van der Waals surface area (Å²) in [4.78, 5) is 31.7. The molecular formula is C22H27N3O4. The van der Waals surface area contributed by atoms with Crippen LogP contribution in [-0.2, 0) is 4.79 Å². The third-order valence-corrected chi connectivity index (χ3v) is 5.84. The molecular weight excluding hydrogens is 370 g/mol. The summed E-state index contributed by atoms with van der Waals surface area (Å²) in [5.74, 6) is 0.831. The summed E-state index contributed by atoms with van der Waals surface area (Å²) in [6.07, 6.45) is 4.65. The van der Waals surface area contributed by atoms with Crippen molar-refractivity contribution in [2.45, 2.75) is 12.8 Å². The maximum Gasteiger partial charge on any atom is 0.257 e. The molecule has 0 spiro atoms. The average Bonchev–Trinajstić information content (AvgIpc) is 3.33. The zero-order chi connectivity index (χ0) is 20.2. The lowest BCUT2D eigenvalue weighted by Crippen LogP contribution is -2.53. The van der Waals surface area contributed by atoms with Crippen molar-refractivity contribution in [3.63, 3.8) is 0 Å². The number of benzene rings is 1. The van der Waals surface area contributed by atoms with E-state index in [4.69, 9.17) is 9.15 Å². The van der Waals surface area contributed by atoms with Gasteiger partial charge in [0, 0.05) is 39.3 Å². The van der Waals surface area contributed by atoms with Gasteiger partial charge in [0.2, 0.25) is 5.91 Å². The summed E-state index contributed by atoms with van der Waals surface area (Å²) >= 11 is 0. The van der Waals surface area contributed by atoms with Crippen molar-refractivity contribution >= 4 is 17.5 Å². The minimum absolute atomic E-state index is 0.0581. The molecule has 0 saturated carbocycles. The fourth-order valence-corrected chi connectivity index (χ4v) is 4.25. The van der Waals surface area contributed by atoms with Gasteiger partial charge in [0.25, 0.3) is 5.91 Å². The van der Waals surface area contributed by atoms with Crippen molar-refractivity contribution in [2.75, 3.05) is 51.3 Å². The first kappa shape index (κ1) is 19.4. The van der Waals surface area contributed by atoms with Crippen molar-refractivity contribution in [3.05, 3.63) is 48.4 Å². The molecule has 1 aromatic heterocycles. The van der Waals surface area contributed by atoms with Gasteiger partial charge in [-0.1, -0.05) is 12.1 Å². The number of piperidine rings is 1. The lowest BCUT2D eigenvalue weighted by Gasteiger charge is -2.40. The van der Waals surface area contributed by atoms with Crippen LogP contribution >= 0.6 is 0 Å². The van der Waals surface area contributed by atoms with Crippen molar-refractivity contribution in [2.24, 2.45) is 5.92 Å². The smallest absolute Gasteiger partial charge is 0.257 e. The molecule has 2 amide bonds. The largest absolute Gasteiger partial charge is 0.495 e. The molecule has 7 heteroatoms. The van der Waals surface area contributed by atoms with Gasteiger partial charge in [-0.15, -0.1) is 0 Å². The van der Waals surface area contributed by atoms with E-state index >= 15 is 0 Å². The summed E-state index contributed by atoms with van der Waals surface area (Å²) < 4.78 is 10.5. The molecule has 1 unspecified atom stereocenters. The molecule has 0 N–H and O–H groups in total. The Balaban J connectivity index is 1.35. The summed E-state index contributed by atoms with van der Waals surface area (Å²) in [6.45, 7) is 4.09. The number of nitrogens with zero attached hydrogens (tertiary/aromatic N) is 3. The number of likely N-dealkylation sites (tertiary alicyclic amines) is 1. The maximum atomic E-state index is 13.1. The van der Waals surface area contributed by atoms with Crippen LogP contribution in [0.15, 0.2) is 47.3 Å². The molecule has 0 aliphatic carbocycles. The molecule has 2 fully saturated rings. The predicted octanol–water partition coefficient (Wildman–Crippen LogP) is 2.49. The molecule has 1 atom stereocenters. The normalized spacial score (nSPS) is 19.9. The molecule has 3 heterocycles. The molecule has 154 valence electrons.